The van der Waals surface area contributed by atoms with Crippen molar-refractivity contribution in [2.45, 2.75) is 19.3 Å². The Labute approximate surface area is 185 Å². The third-order valence-corrected chi connectivity index (χ3v) is 4.12. The quantitative estimate of drug-likeness (QED) is 0.369. The molecule has 1 aliphatic carbocycles. The minimum Gasteiger partial charge on any atom is -0.325 e. The normalized spacial score (nSPS) is 12.9. The minimum atomic E-state index is 0. The molecule has 0 aromatic heterocycles. The fourth-order valence-corrected chi connectivity index (χ4v) is 2.52. The molecule has 3 aromatic rings. The molecule has 0 aliphatic heterocycles. The van der Waals surface area contributed by atoms with Crippen molar-refractivity contribution in [2.24, 2.45) is 0 Å². The van der Waals surface area contributed by atoms with E-state index in [0.29, 0.717) is 0 Å². The summed E-state index contributed by atoms with van der Waals surface area (Å²) in [6.45, 7) is 4.52. The van der Waals surface area contributed by atoms with Crippen molar-refractivity contribution in [2.75, 3.05) is 0 Å². The van der Waals surface area contributed by atoms with Crippen LogP contribution in [0.2, 0.25) is 0 Å². The first-order chi connectivity index (χ1) is 12.1. The summed E-state index contributed by atoms with van der Waals surface area (Å²) >= 11 is 0. The summed E-state index contributed by atoms with van der Waals surface area (Å²) < 4.78 is 0. The van der Waals surface area contributed by atoms with Crippen LogP contribution in [0.25, 0.3) is 0 Å². The molecular formula is C24H23Fe2N. The first-order valence-electron chi connectivity index (χ1n) is 8.37. The first-order valence-corrected chi connectivity index (χ1v) is 8.37. The van der Waals surface area contributed by atoms with Crippen LogP contribution < -0.4 is 0 Å². The zero-order valence-corrected chi connectivity index (χ0v) is 17.7. The number of nitriles is 1. The van der Waals surface area contributed by atoms with E-state index in [-0.39, 0.29) is 39.6 Å². The van der Waals surface area contributed by atoms with E-state index in [4.69, 9.17) is 5.26 Å². The van der Waals surface area contributed by atoms with Crippen molar-refractivity contribution in [3.8, 4) is 6.07 Å². The van der Waals surface area contributed by atoms with Crippen LogP contribution in [-0.2, 0) is 39.6 Å². The second-order valence-corrected chi connectivity index (χ2v) is 6.22. The minimum absolute atomic E-state index is 0. The van der Waals surface area contributed by atoms with Crippen LogP contribution >= 0.6 is 0 Å². The van der Waals surface area contributed by atoms with Crippen LogP contribution in [0.1, 0.15) is 25.0 Å². The van der Waals surface area contributed by atoms with Crippen molar-refractivity contribution in [3.63, 3.8) is 0 Å². The molecule has 27 heavy (non-hydrogen) atoms. The van der Waals surface area contributed by atoms with Crippen LogP contribution in [0.3, 0.4) is 0 Å². The van der Waals surface area contributed by atoms with Gasteiger partial charge in [-0.1, -0.05) is 19.3 Å². The van der Waals surface area contributed by atoms with Gasteiger partial charge in [-0.15, -0.1) is 0 Å². The molecule has 0 bridgehead atoms. The molecular weight excluding hydrogens is 414 g/mol. The maximum absolute atomic E-state index is 8.18. The van der Waals surface area contributed by atoms with Crippen LogP contribution in [0.5, 0.6) is 0 Å². The summed E-state index contributed by atoms with van der Waals surface area (Å²) in [6, 6.07) is 29.1. The Morgan fingerprint density at radius 2 is 1.67 bits per heavy atom. The zero-order chi connectivity index (χ0) is 18.0. The maximum Gasteiger partial charge on any atom is 2.00 e. The SMILES string of the molecule is CC(C)(c1cc[cH-]c1)c1ccc[cH-]1.N#C[C]1[CH][CH][CH-][CH]1.[Fe+2].[Fe+2].c1cc[cH-]c1. The number of rotatable bonds is 2. The largest absolute Gasteiger partial charge is 2.00 e. The molecule has 140 valence electrons. The van der Waals surface area contributed by atoms with E-state index < -0.39 is 0 Å². The third-order valence-electron chi connectivity index (χ3n) is 4.12. The van der Waals surface area contributed by atoms with Crippen molar-refractivity contribution in [3.05, 3.63) is 122 Å². The molecule has 4 radical (unpaired) electrons. The summed E-state index contributed by atoms with van der Waals surface area (Å²) in [5.74, 6) is 0.736. The number of nitrogens with zero attached hydrogens (tertiary/aromatic N) is 1. The third kappa shape index (κ3) is 8.42. The molecule has 0 heterocycles. The van der Waals surface area contributed by atoms with Crippen LogP contribution in [0, 0.1) is 42.9 Å². The van der Waals surface area contributed by atoms with Crippen molar-refractivity contribution in [1.82, 2.24) is 0 Å². The molecule has 4 rings (SSSR count). The molecule has 3 aromatic carbocycles. The van der Waals surface area contributed by atoms with Crippen molar-refractivity contribution in [1.29, 1.82) is 5.26 Å². The first kappa shape index (κ1) is 25.6. The fraction of sp³-hybridized carbons (Fsp3) is 0.125. The Balaban J connectivity index is 0.000000410. The van der Waals surface area contributed by atoms with E-state index in [2.05, 4.69) is 62.4 Å². The summed E-state index contributed by atoms with van der Waals surface area (Å²) in [4.78, 5) is 0. The Morgan fingerprint density at radius 3 is 2.04 bits per heavy atom. The van der Waals surface area contributed by atoms with Gasteiger partial charge in [0.15, 0.2) is 0 Å². The van der Waals surface area contributed by atoms with Gasteiger partial charge >= 0.3 is 34.1 Å². The topological polar surface area (TPSA) is 23.8 Å². The van der Waals surface area contributed by atoms with Gasteiger partial charge in [-0.2, -0.15) is 77.8 Å². The van der Waals surface area contributed by atoms with Crippen molar-refractivity contribution >= 4 is 0 Å². The average Bonchev–Trinajstić information content (AvgIpc) is 3.46. The standard InChI is InChI=1S/C13H14.C6H4N.C5H5.2Fe/c1-13(2,11-7-3-4-8-11)12-9-5-6-10-12;7-5-6-3-1-2-4-6;1-2-4-5-3-1;;/h3-10H,1-2H3;1-4H;1-5H;;/q-2;2*-1;2*+2. The predicted molar refractivity (Wildman–Crippen MR) is 104 cm³/mol. The van der Waals surface area contributed by atoms with Crippen LogP contribution in [-0.4, -0.2) is 0 Å². The molecule has 0 unspecified atom stereocenters. The molecule has 0 atom stereocenters. The van der Waals surface area contributed by atoms with Crippen LogP contribution in [0.4, 0.5) is 0 Å². The van der Waals surface area contributed by atoms with Crippen LogP contribution in [0.15, 0.2) is 78.9 Å². The molecule has 1 nitrogen and oxygen atoms in total. The number of hydrogen-bond acceptors (Lipinski definition) is 1. The number of hydrogen-bond donors (Lipinski definition) is 0. The molecule has 0 N–H and O–H groups in total. The Bertz CT molecular complexity index is 642. The Morgan fingerprint density at radius 1 is 0.926 bits per heavy atom. The van der Waals surface area contributed by atoms with E-state index in [0.717, 1.165) is 5.92 Å². The smallest absolute Gasteiger partial charge is 0.325 e. The van der Waals surface area contributed by atoms with Gasteiger partial charge in [0.1, 0.15) is 0 Å². The second kappa shape index (κ2) is 13.7. The van der Waals surface area contributed by atoms with Gasteiger partial charge in [-0.3, -0.25) is 0 Å². The average molecular weight is 437 g/mol. The van der Waals surface area contributed by atoms with Gasteiger partial charge in [-0.25, -0.2) is 30.3 Å². The van der Waals surface area contributed by atoms with E-state index >= 15 is 0 Å². The molecule has 0 spiro atoms. The summed E-state index contributed by atoms with van der Waals surface area (Å²) in [5, 5.41) is 8.18. The maximum atomic E-state index is 8.18. The summed E-state index contributed by atoms with van der Waals surface area (Å²) in [5.41, 5.74) is 2.92. The summed E-state index contributed by atoms with van der Waals surface area (Å²) in [6.07, 6.45) is 7.25. The Kier molecular flexibility index (Phi) is 13.0. The van der Waals surface area contributed by atoms with Gasteiger partial charge in [0, 0.05) is 5.92 Å². The van der Waals surface area contributed by atoms with Gasteiger partial charge < -0.3 is 6.42 Å². The van der Waals surface area contributed by atoms with E-state index in [1.54, 1.807) is 12.8 Å². The van der Waals surface area contributed by atoms with Gasteiger partial charge in [0.2, 0.25) is 0 Å². The second-order valence-electron chi connectivity index (χ2n) is 6.22. The van der Waals surface area contributed by atoms with E-state index in [1.807, 2.05) is 49.2 Å². The summed E-state index contributed by atoms with van der Waals surface area (Å²) in [7, 11) is 0. The predicted octanol–water partition coefficient (Wildman–Crippen LogP) is 5.77. The zero-order valence-electron chi connectivity index (χ0n) is 15.5. The van der Waals surface area contributed by atoms with E-state index in [1.165, 1.54) is 11.1 Å². The van der Waals surface area contributed by atoms with Gasteiger partial charge in [-0.05, 0) is 6.42 Å². The monoisotopic (exact) mass is 437 g/mol. The molecule has 1 aliphatic rings. The van der Waals surface area contributed by atoms with Crippen molar-refractivity contribution < 1.29 is 34.1 Å². The van der Waals surface area contributed by atoms with E-state index in [9.17, 15) is 0 Å². The molecule has 0 saturated heterocycles. The molecule has 1 fully saturated rings. The molecule has 0 amide bonds. The Hall–Kier alpha value is -1.42. The fourth-order valence-electron chi connectivity index (χ4n) is 2.52. The molecule has 3 heteroatoms. The van der Waals surface area contributed by atoms with Gasteiger partial charge in [0.25, 0.3) is 0 Å². The molecule has 1 saturated carbocycles. The van der Waals surface area contributed by atoms with Gasteiger partial charge in [0.05, 0.1) is 6.07 Å².